The van der Waals surface area contributed by atoms with Gasteiger partial charge >= 0.3 is 0 Å². The minimum atomic E-state index is -0.581. The molecule has 0 fully saturated rings. The van der Waals surface area contributed by atoms with Crippen LogP contribution in [0.1, 0.15) is 6.92 Å². The van der Waals surface area contributed by atoms with Crippen LogP contribution < -0.4 is 5.32 Å². The van der Waals surface area contributed by atoms with Gasteiger partial charge in [-0.25, -0.2) is 0 Å². The number of aliphatic hydroxyl groups excluding tert-OH is 2. The molecule has 2 rings (SSSR count). The number of rotatable bonds is 0. The largest absolute Gasteiger partial charge is 0.385 e. The number of hydrogen-bond donors (Lipinski definition) is 3. The normalized spacial score (nSPS) is 37.9. The third-order valence-corrected chi connectivity index (χ3v) is 2.38. The summed E-state index contributed by atoms with van der Waals surface area (Å²) >= 11 is 0. The maximum Gasteiger partial charge on any atom is 0.125 e. The molecule has 0 saturated carbocycles. The van der Waals surface area contributed by atoms with Gasteiger partial charge in [-0.15, -0.1) is 0 Å². The van der Waals surface area contributed by atoms with E-state index < -0.39 is 12.3 Å². The molecule has 0 aromatic heterocycles. The Morgan fingerprint density at radius 3 is 2.85 bits per heavy atom. The molecule has 0 spiro atoms. The molecule has 3 heteroatoms. The predicted molar refractivity (Wildman–Crippen MR) is 49.9 cm³/mol. The average molecular weight is 179 g/mol. The van der Waals surface area contributed by atoms with Crippen molar-refractivity contribution in [3.05, 3.63) is 35.5 Å². The Labute approximate surface area is 77.1 Å². The summed E-state index contributed by atoms with van der Waals surface area (Å²) in [5, 5.41) is 21.7. The van der Waals surface area contributed by atoms with E-state index >= 15 is 0 Å². The van der Waals surface area contributed by atoms with E-state index in [1.165, 1.54) is 0 Å². The lowest BCUT2D eigenvalue weighted by atomic mass is 9.90. The standard InChI is InChI=1S/C10H13NO2/c1-6-9-5-8(12)3-2-7(9)4-10(13)11-6/h2-6,8,10-13H,1H3. The fourth-order valence-corrected chi connectivity index (χ4v) is 1.74. The minimum Gasteiger partial charge on any atom is -0.385 e. The summed E-state index contributed by atoms with van der Waals surface area (Å²) in [7, 11) is 0. The van der Waals surface area contributed by atoms with Crippen molar-refractivity contribution in [2.45, 2.75) is 25.3 Å². The molecule has 13 heavy (non-hydrogen) atoms. The second-order valence-corrected chi connectivity index (χ2v) is 3.43. The molecule has 70 valence electrons. The highest BCUT2D eigenvalue weighted by atomic mass is 16.3. The predicted octanol–water partition coefficient (Wildman–Crippen LogP) is 0.0800. The number of fused-ring (bicyclic) bond motifs is 1. The summed E-state index contributed by atoms with van der Waals surface area (Å²) in [6, 6.07) is 0.0922. The zero-order valence-electron chi connectivity index (χ0n) is 7.44. The van der Waals surface area contributed by atoms with E-state index in [1.807, 2.05) is 13.0 Å². The minimum absolute atomic E-state index is 0.0922. The van der Waals surface area contributed by atoms with Gasteiger partial charge in [-0.3, -0.25) is 5.32 Å². The molecule has 3 atom stereocenters. The fraction of sp³-hybridized carbons (Fsp3) is 0.400. The van der Waals surface area contributed by atoms with E-state index in [2.05, 4.69) is 5.32 Å². The molecular weight excluding hydrogens is 166 g/mol. The van der Waals surface area contributed by atoms with Gasteiger partial charge in [-0.2, -0.15) is 0 Å². The first-order valence-corrected chi connectivity index (χ1v) is 4.41. The van der Waals surface area contributed by atoms with Crippen molar-refractivity contribution in [3.8, 4) is 0 Å². The average Bonchev–Trinajstić information content (AvgIpc) is 2.06. The Hall–Kier alpha value is -0.900. The quantitative estimate of drug-likeness (QED) is 0.493. The number of aliphatic hydroxyl groups is 2. The summed E-state index contributed by atoms with van der Waals surface area (Å²) in [6.45, 7) is 1.97. The first kappa shape index (κ1) is 8.69. The van der Waals surface area contributed by atoms with Gasteiger partial charge in [0.25, 0.3) is 0 Å². The van der Waals surface area contributed by atoms with E-state index in [4.69, 9.17) is 0 Å². The summed E-state index contributed by atoms with van der Waals surface area (Å²) in [4.78, 5) is 0. The zero-order chi connectivity index (χ0) is 9.42. The maximum atomic E-state index is 9.37. The van der Waals surface area contributed by atoms with Crippen LogP contribution in [0.3, 0.4) is 0 Å². The van der Waals surface area contributed by atoms with Gasteiger partial charge in [0.1, 0.15) is 6.23 Å². The lowest BCUT2D eigenvalue weighted by Crippen LogP contribution is -2.41. The number of nitrogens with one attached hydrogen (secondary N) is 1. The Kier molecular flexibility index (Phi) is 2.07. The van der Waals surface area contributed by atoms with Crippen LogP contribution in [-0.4, -0.2) is 28.6 Å². The van der Waals surface area contributed by atoms with Crippen LogP contribution in [0.25, 0.3) is 0 Å². The van der Waals surface area contributed by atoms with E-state index in [-0.39, 0.29) is 6.04 Å². The smallest absolute Gasteiger partial charge is 0.125 e. The summed E-state index contributed by atoms with van der Waals surface area (Å²) in [6.07, 6.45) is 6.03. The molecule has 0 amide bonds. The van der Waals surface area contributed by atoms with Crippen LogP contribution in [0, 0.1) is 0 Å². The van der Waals surface area contributed by atoms with Crippen LogP contribution >= 0.6 is 0 Å². The summed E-state index contributed by atoms with van der Waals surface area (Å²) < 4.78 is 0. The molecule has 0 bridgehead atoms. The fourth-order valence-electron chi connectivity index (χ4n) is 1.74. The molecule has 1 aliphatic carbocycles. The van der Waals surface area contributed by atoms with E-state index in [0.29, 0.717) is 0 Å². The third-order valence-electron chi connectivity index (χ3n) is 2.38. The molecule has 0 radical (unpaired) electrons. The number of allylic oxidation sites excluding steroid dienone is 1. The van der Waals surface area contributed by atoms with Gasteiger partial charge in [-0.1, -0.05) is 12.2 Å². The highest BCUT2D eigenvalue weighted by Crippen LogP contribution is 2.25. The maximum absolute atomic E-state index is 9.37. The van der Waals surface area contributed by atoms with Gasteiger partial charge in [0.2, 0.25) is 0 Å². The van der Waals surface area contributed by atoms with Crippen molar-refractivity contribution in [1.29, 1.82) is 0 Å². The molecule has 3 unspecified atom stereocenters. The van der Waals surface area contributed by atoms with Crippen molar-refractivity contribution in [2.24, 2.45) is 0 Å². The lowest BCUT2D eigenvalue weighted by molar-refractivity contribution is 0.170. The van der Waals surface area contributed by atoms with Crippen LogP contribution in [0.5, 0.6) is 0 Å². The molecule has 1 aliphatic heterocycles. The molecule has 0 saturated heterocycles. The second-order valence-electron chi connectivity index (χ2n) is 3.43. The van der Waals surface area contributed by atoms with Gasteiger partial charge in [-0.05, 0) is 30.2 Å². The first-order valence-electron chi connectivity index (χ1n) is 4.41. The summed E-state index contributed by atoms with van der Waals surface area (Å²) in [5.74, 6) is 0. The van der Waals surface area contributed by atoms with Gasteiger partial charge < -0.3 is 10.2 Å². The molecule has 3 nitrogen and oxygen atoms in total. The molecule has 2 aliphatic rings. The molecule has 3 N–H and O–H groups in total. The van der Waals surface area contributed by atoms with E-state index in [9.17, 15) is 10.2 Å². The van der Waals surface area contributed by atoms with Crippen molar-refractivity contribution in [3.63, 3.8) is 0 Å². The van der Waals surface area contributed by atoms with Crippen LogP contribution in [0.4, 0.5) is 0 Å². The van der Waals surface area contributed by atoms with Crippen molar-refractivity contribution < 1.29 is 10.2 Å². The SMILES string of the molecule is CC1NC(O)C=C2C=CC(O)C=C21. The molecular formula is C10H13NO2. The summed E-state index contributed by atoms with van der Waals surface area (Å²) in [5.41, 5.74) is 2.06. The van der Waals surface area contributed by atoms with Crippen LogP contribution in [0.15, 0.2) is 35.5 Å². The van der Waals surface area contributed by atoms with Gasteiger partial charge in [0, 0.05) is 6.04 Å². The Bertz CT molecular complexity index is 304. The third kappa shape index (κ3) is 1.58. The van der Waals surface area contributed by atoms with Crippen LogP contribution in [-0.2, 0) is 0 Å². The molecule has 0 aromatic rings. The van der Waals surface area contributed by atoms with Crippen molar-refractivity contribution in [1.82, 2.24) is 5.32 Å². The lowest BCUT2D eigenvalue weighted by Gasteiger charge is -2.29. The monoisotopic (exact) mass is 179 g/mol. The zero-order valence-corrected chi connectivity index (χ0v) is 7.44. The Morgan fingerprint density at radius 2 is 2.08 bits per heavy atom. The van der Waals surface area contributed by atoms with E-state index in [1.54, 1.807) is 18.2 Å². The Balaban J connectivity index is 2.36. The van der Waals surface area contributed by atoms with Crippen molar-refractivity contribution in [2.75, 3.05) is 0 Å². The topological polar surface area (TPSA) is 52.5 Å². The number of hydrogen-bond acceptors (Lipinski definition) is 3. The molecule has 0 aromatic carbocycles. The van der Waals surface area contributed by atoms with Crippen molar-refractivity contribution >= 4 is 0 Å². The molecule has 1 heterocycles. The van der Waals surface area contributed by atoms with Gasteiger partial charge in [0.05, 0.1) is 6.10 Å². The Morgan fingerprint density at radius 1 is 1.31 bits per heavy atom. The highest BCUT2D eigenvalue weighted by molar-refractivity contribution is 5.49. The second kappa shape index (κ2) is 3.10. The van der Waals surface area contributed by atoms with E-state index in [0.717, 1.165) is 11.1 Å². The highest BCUT2D eigenvalue weighted by Gasteiger charge is 2.22. The van der Waals surface area contributed by atoms with Crippen LogP contribution in [0.2, 0.25) is 0 Å². The first-order chi connectivity index (χ1) is 6.16. The van der Waals surface area contributed by atoms with Gasteiger partial charge in [0.15, 0.2) is 0 Å².